The fourth-order valence-corrected chi connectivity index (χ4v) is 3.74. The van der Waals surface area contributed by atoms with Crippen molar-refractivity contribution >= 4 is 34.8 Å². The molecule has 8 heteroatoms. The molecule has 30 heavy (non-hydrogen) atoms. The van der Waals surface area contributed by atoms with E-state index in [1.165, 1.54) is 10.7 Å². The number of halogens is 2. The number of hydrogen-bond donors (Lipinski definition) is 0. The van der Waals surface area contributed by atoms with Gasteiger partial charge >= 0.3 is 0 Å². The van der Waals surface area contributed by atoms with Gasteiger partial charge in [-0.05, 0) is 24.3 Å². The molecule has 0 atom stereocenters. The third kappa shape index (κ3) is 4.50. The van der Waals surface area contributed by atoms with Crippen LogP contribution in [0, 0.1) is 0 Å². The fraction of sp³-hybridized carbons (Fsp3) is 0.227. The highest BCUT2D eigenvalue weighted by Gasteiger charge is 2.22. The number of carbonyl (C=O) groups excluding carboxylic acids is 1. The van der Waals surface area contributed by atoms with Crippen LogP contribution < -0.4 is 10.5 Å². The predicted molar refractivity (Wildman–Crippen MR) is 119 cm³/mol. The lowest BCUT2D eigenvalue weighted by Crippen LogP contribution is -2.50. The molecule has 0 saturated carbocycles. The van der Waals surface area contributed by atoms with Gasteiger partial charge in [0.15, 0.2) is 0 Å². The average molecular weight is 443 g/mol. The van der Waals surface area contributed by atoms with E-state index in [0.717, 1.165) is 11.3 Å². The molecule has 1 amide bonds. The number of rotatable bonds is 4. The fourth-order valence-electron chi connectivity index (χ4n) is 3.45. The number of carbonyl (C=O) groups is 1. The smallest absolute Gasteiger partial charge is 0.267 e. The summed E-state index contributed by atoms with van der Waals surface area (Å²) < 4.78 is 1.23. The summed E-state index contributed by atoms with van der Waals surface area (Å²) in [5.41, 5.74) is 2.24. The molecule has 154 valence electrons. The maximum Gasteiger partial charge on any atom is 0.267 e. The Kier molecular flexibility index (Phi) is 6.06. The standard InChI is InChI=1S/C22H20Cl2N4O2/c23-18-7-6-17(14-19(18)24)26-10-12-27(13-11-26)22(30)15-28-21(29)9-8-20(25-28)16-4-2-1-3-5-16/h1-9,14H,10-13,15H2. The Morgan fingerprint density at radius 2 is 1.63 bits per heavy atom. The van der Waals surface area contributed by atoms with E-state index in [1.54, 1.807) is 17.0 Å². The number of hydrogen-bond acceptors (Lipinski definition) is 4. The van der Waals surface area contributed by atoms with Crippen LogP contribution in [0.25, 0.3) is 11.3 Å². The number of anilines is 1. The molecule has 1 aromatic heterocycles. The van der Waals surface area contributed by atoms with Crippen LogP contribution in [0.15, 0.2) is 65.5 Å². The zero-order valence-corrected chi connectivity index (χ0v) is 17.7. The lowest BCUT2D eigenvalue weighted by Gasteiger charge is -2.36. The van der Waals surface area contributed by atoms with Gasteiger partial charge in [-0.25, -0.2) is 4.68 Å². The quantitative estimate of drug-likeness (QED) is 0.619. The van der Waals surface area contributed by atoms with Gasteiger partial charge in [0, 0.05) is 43.5 Å². The van der Waals surface area contributed by atoms with E-state index >= 15 is 0 Å². The van der Waals surface area contributed by atoms with Crippen LogP contribution in [0.2, 0.25) is 10.0 Å². The van der Waals surface area contributed by atoms with Crippen LogP contribution in [0.3, 0.4) is 0 Å². The van der Waals surface area contributed by atoms with Gasteiger partial charge in [-0.15, -0.1) is 0 Å². The Labute approximate surface area is 184 Å². The highest BCUT2D eigenvalue weighted by atomic mass is 35.5. The van der Waals surface area contributed by atoms with Gasteiger partial charge in [-0.1, -0.05) is 53.5 Å². The number of amides is 1. The summed E-state index contributed by atoms with van der Waals surface area (Å²) in [7, 11) is 0. The highest BCUT2D eigenvalue weighted by molar-refractivity contribution is 6.42. The molecule has 2 heterocycles. The minimum absolute atomic E-state index is 0.0771. The molecule has 3 aromatic rings. The van der Waals surface area contributed by atoms with Gasteiger partial charge in [0.1, 0.15) is 6.54 Å². The van der Waals surface area contributed by atoms with Crippen LogP contribution in [0.5, 0.6) is 0 Å². The van der Waals surface area contributed by atoms with Gasteiger partial charge in [-0.3, -0.25) is 9.59 Å². The Morgan fingerprint density at radius 3 is 2.33 bits per heavy atom. The van der Waals surface area contributed by atoms with Crippen LogP contribution in [0.4, 0.5) is 5.69 Å². The summed E-state index contributed by atoms with van der Waals surface area (Å²) in [6.07, 6.45) is 0. The molecular formula is C22H20Cl2N4O2. The monoisotopic (exact) mass is 442 g/mol. The second-order valence-electron chi connectivity index (χ2n) is 7.05. The van der Waals surface area contributed by atoms with E-state index < -0.39 is 0 Å². The summed E-state index contributed by atoms with van der Waals surface area (Å²) in [6, 6.07) is 18.2. The van der Waals surface area contributed by atoms with Crippen molar-refractivity contribution in [1.29, 1.82) is 0 Å². The Morgan fingerprint density at radius 1 is 0.900 bits per heavy atom. The van der Waals surface area contributed by atoms with Crippen LogP contribution in [-0.4, -0.2) is 46.8 Å². The van der Waals surface area contributed by atoms with E-state index in [9.17, 15) is 9.59 Å². The van der Waals surface area contributed by atoms with Crippen molar-refractivity contribution < 1.29 is 4.79 Å². The first-order chi connectivity index (χ1) is 14.5. The normalized spacial score (nSPS) is 14.1. The molecule has 1 saturated heterocycles. The molecule has 0 bridgehead atoms. The van der Waals surface area contributed by atoms with Gasteiger partial charge in [0.05, 0.1) is 15.7 Å². The van der Waals surface area contributed by atoms with E-state index in [2.05, 4.69) is 10.00 Å². The van der Waals surface area contributed by atoms with Crippen LogP contribution >= 0.6 is 23.2 Å². The molecule has 1 fully saturated rings. The number of aromatic nitrogens is 2. The van der Waals surface area contributed by atoms with E-state index in [1.807, 2.05) is 42.5 Å². The first-order valence-corrected chi connectivity index (χ1v) is 10.4. The maximum atomic E-state index is 12.8. The van der Waals surface area contributed by atoms with E-state index in [-0.39, 0.29) is 18.0 Å². The van der Waals surface area contributed by atoms with Gasteiger partial charge in [-0.2, -0.15) is 5.10 Å². The van der Waals surface area contributed by atoms with Crippen molar-refractivity contribution in [1.82, 2.24) is 14.7 Å². The van der Waals surface area contributed by atoms with E-state index in [4.69, 9.17) is 23.2 Å². The molecule has 2 aromatic carbocycles. The van der Waals surface area contributed by atoms with Crippen molar-refractivity contribution in [2.24, 2.45) is 0 Å². The largest absolute Gasteiger partial charge is 0.368 e. The summed E-state index contributed by atoms with van der Waals surface area (Å²) in [4.78, 5) is 28.9. The van der Waals surface area contributed by atoms with Crippen LogP contribution in [0.1, 0.15) is 0 Å². The zero-order chi connectivity index (χ0) is 21.1. The van der Waals surface area contributed by atoms with Crippen molar-refractivity contribution in [2.45, 2.75) is 6.54 Å². The zero-order valence-electron chi connectivity index (χ0n) is 16.2. The Bertz CT molecular complexity index is 1110. The summed E-state index contributed by atoms with van der Waals surface area (Å²) in [5, 5.41) is 5.41. The minimum atomic E-state index is -0.294. The molecule has 1 aliphatic heterocycles. The third-order valence-electron chi connectivity index (χ3n) is 5.12. The molecule has 4 rings (SSSR count). The molecule has 1 aliphatic rings. The first-order valence-electron chi connectivity index (χ1n) is 9.62. The molecule has 0 aliphatic carbocycles. The SMILES string of the molecule is O=C(Cn1nc(-c2ccccc2)ccc1=O)N1CCN(c2ccc(Cl)c(Cl)c2)CC1. The lowest BCUT2D eigenvalue weighted by atomic mass is 10.1. The summed E-state index contributed by atoms with van der Waals surface area (Å²) in [5.74, 6) is -0.122. The number of piperazine rings is 1. The lowest BCUT2D eigenvalue weighted by molar-refractivity contribution is -0.132. The minimum Gasteiger partial charge on any atom is -0.368 e. The Balaban J connectivity index is 1.41. The van der Waals surface area contributed by atoms with Crippen molar-refractivity contribution in [3.05, 3.63) is 81.1 Å². The molecule has 0 radical (unpaired) electrons. The van der Waals surface area contributed by atoms with Gasteiger partial charge in [0.2, 0.25) is 5.91 Å². The Hall–Kier alpha value is -2.83. The first kappa shape index (κ1) is 20.4. The van der Waals surface area contributed by atoms with Gasteiger partial charge in [0.25, 0.3) is 5.56 Å². The topological polar surface area (TPSA) is 58.4 Å². The van der Waals surface area contributed by atoms with Crippen LogP contribution in [-0.2, 0) is 11.3 Å². The summed E-state index contributed by atoms with van der Waals surface area (Å²) >= 11 is 12.1. The van der Waals surface area contributed by atoms with Crippen molar-refractivity contribution in [3.63, 3.8) is 0 Å². The predicted octanol–water partition coefficient (Wildman–Crippen LogP) is 3.57. The van der Waals surface area contributed by atoms with Crippen molar-refractivity contribution in [3.8, 4) is 11.3 Å². The molecule has 0 N–H and O–H groups in total. The molecular weight excluding hydrogens is 423 g/mol. The van der Waals surface area contributed by atoms with E-state index in [0.29, 0.717) is 41.9 Å². The average Bonchev–Trinajstić information content (AvgIpc) is 2.78. The molecule has 0 spiro atoms. The number of nitrogens with zero attached hydrogens (tertiary/aromatic N) is 4. The number of benzene rings is 2. The summed E-state index contributed by atoms with van der Waals surface area (Å²) in [6.45, 7) is 2.40. The highest BCUT2D eigenvalue weighted by Crippen LogP contribution is 2.27. The second kappa shape index (κ2) is 8.90. The maximum absolute atomic E-state index is 12.8. The van der Waals surface area contributed by atoms with Crippen molar-refractivity contribution in [2.75, 3.05) is 31.1 Å². The second-order valence-corrected chi connectivity index (χ2v) is 7.86. The van der Waals surface area contributed by atoms with Gasteiger partial charge < -0.3 is 9.80 Å². The molecule has 6 nitrogen and oxygen atoms in total. The third-order valence-corrected chi connectivity index (χ3v) is 5.86. The molecule has 0 unspecified atom stereocenters.